The molecule has 0 radical (unpaired) electrons. The molecule has 5 heteroatoms. The molecule has 1 aliphatic rings. The Morgan fingerprint density at radius 2 is 2.33 bits per heavy atom. The molecular weight excluding hydrogens is 284 g/mol. The summed E-state index contributed by atoms with van der Waals surface area (Å²) >= 11 is 1.79. The molecule has 1 aliphatic heterocycles. The van der Waals surface area contributed by atoms with Gasteiger partial charge in [-0.15, -0.1) is 11.3 Å². The minimum Gasteiger partial charge on any atom is -0.482 e. The summed E-state index contributed by atoms with van der Waals surface area (Å²) in [6.45, 7) is 3.06. The molecule has 1 aromatic heterocycles. The van der Waals surface area contributed by atoms with Crippen molar-refractivity contribution in [2.45, 2.75) is 25.9 Å². The number of hydrogen-bond acceptors (Lipinski definition) is 4. The van der Waals surface area contributed by atoms with Gasteiger partial charge in [0.1, 0.15) is 5.75 Å². The van der Waals surface area contributed by atoms with Crippen LogP contribution in [0.15, 0.2) is 35.7 Å². The molecule has 4 nitrogen and oxygen atoms in total. The highest BCUT2D eigenvalue weighted by atomic mass is 32.1. The smallest absolute Gasteiger partial charge is 0.262 e. The van der Waals surface area contributed by atoms with Gasteiger partial charge in [-0.05, 0) is 42.5 Å². The Bertz CT molecular complexity index is 625. The lowest BCUT2D eigenvalue weighted by atomic mass is 10.1. The summed E-state index contributed by atoms with van der Waals surface area (Å²) in [4.78, 5) is 12.7. The van der Waals surface area contributed by atoms with Crippen LogP contribution in [-0.4, -0.2) is 18.6 Å². The van der Waals surface area contributed by atoms with Gasteiger partial charge in [0.15, 0.2) is 6.61 Å². The van der Waals surface area contributed by atoms with Gasteiger partial charge in [0.05, 0.1) is 5.69 Å². The van der Waals surface area contributed by atoms with Gasteiger partial charge in [0, 0.05) is 17.5 Å². The van der Waals surface area contributed by atoms with E-state index in [1.807, 2.05) is 18.2 Å². The maximum absolute atomic E-state index is 11.3. The second kappa shape index (κ2) is 6.28. The summed E-state index contributed by atoms with van der Waals surface area (Å²) in [5.41, 5.74) is 1.90. The highest BCUT2D eigenvalue weighted by molar-refractivity contribution is 7.09. The Morgan fingerprint density at radius 1 is 1.43 bits per heavy atom. The fourth-order valence-corrected chi connectivity index (χ4v) is 3.17. The van der Waals surface area contributed by atoms with E-state index < -0.39 is 0 Å². The van der Waals surface area contributed by atoms with Crippen LogP contribution in [0, 0.1) is 0 Å². The van der Waals surface area contributed by atoms with E-state index in [0.29, 0.717) is 6.04 Å². The largest absolute Gasteiger partial charge is 0.482 e. The Balaban J connectivity index is 1.58. The number of ether oxygens (including phenoxy) is 1. The molecule has 3 rings (SSSR count). The zero-order valence-corrected chi connectivity index (χ0v) is 12.7. The normalized spacial score (nSPS) is 15.0. The van der Waals surface area contributed by atoms with Gasteiger partial charge >= 0.3 is 0 Å². The lowest BCUT2D eigenvalue weighted by molar-refractivity contribution is -0.118. The number of fused-ring (bicyclic) bond motifs is 1. The van der Waals surface area contributed by atoms with Gasteiger partial charge in [-0.2, -0.15) is 0 Å². The Morgan fingerprint density at radius 3 is 3.14 bits per heavy atom. The van der Waals surface area contributed by atoms with Crippen molar-refractivity contribution in [3.05, 3.63) is 46.2 Å². The predicted molar refractivity (Wildman–Crippen MR) is 84.9 cm³/mol. The zero-order chi connectivity index (χ0) is 14.7. The highest BCUT2D eigenvalue weighted by Gasteiger charge is 2.15. The first-order valence-corrected chi connectivity index (χ1v) is 7.90. The number of anilines is 1. The van der Waals surface area contributed by atoms with Crippen molar-refractivity contribution >= 4 is 22.9 Å². The molecule has 21 heavy (non-hydrogen) atoms. The number of rotatable bonds is 5. The van der Waals surface area contributed by atoms with Crippen LogP contribution < -0.4 is 15.4 Å². The number of carbonyl (C=O) groups excluding carboxylic acids is 1. The van der Waals surface area contributed by atoms with Crippen LogP contribution in [0.3, 0.4) is 0 Å². The molecule has 2 N–H and O–H groups in total. The number of benzene rings is 1. The van der Waals surface area contributed by atoms with Crippen molar-refractivity contribution < 1.29 is 9.53 Å². The molecule has 110 valence electrons. The van der Waals surface area contributed by atoms with Crippen LogP contribution in [0.5, 0.6) is 5.75 Å². The minimum atomic E-state index is -0.0985. The minimum absolute atomic E-state index is 0.0985. The third kappa shape index (κ3) is 3.62. The van der Waals surface area contributed by atoms with Crippen LogP contribution in [0.25, 0.3) is 0 Å². The van der Waals surface area contributed by atoms with Crippen molar-refractivity contribution in [1.82, 2.24) is 5.32 Å². The maximum Gasteiger partial charge on any atom is 0.262 e. The first kappa shape index (κ1) is 14.1. The first-order valence-electron chi connectivity index (χ1n) is 7.02. The third-order valence-electron chi connectivity index (χ3n) is 3.42. The number of amides is 1. The molecule has 0 saturated carbocycles. The van der Waals surface area contributed by atoms with E-state index in [-0.39, 0.29) is 12.5 Å². The number of hydrogen-bond donors (Lipinski definition) is 2. The monoisotopic (exact) mass is 302 g/mol. The van der Waals surface area contributed by atoms with Gasteiger partial charge in [-0.1, -0.05) is 12.1 Å². The molecule has 2 aromatic rings. The van der Waals surface area contributed by atoms with Crippen LogP contribution in [0.4, 0.5) is 5.69 Å². The first-order chi connectivity index (χ1) is 10.2. The van der Waals surface area contributed by atoms with Crippen molar-refractivity contribution in [3.8, 4) is 5.75 Å². The van der Waals surface area contributed by atoms with E-state index >= 15 is 0 Å². The van der Waals surface area contributed by atoms with E-state index in [4.69, 9.17) is 4.74 Å². The topological polar surface area (TPSA) is 50.4 Å². The zero-order valence-electron chi connectivity index (χ0n) is 11.9. The Hall–Kier alpha value is -1.85. The lowest BCUT2D eigenvalue weighted by Gasteiger charge is -2.19. The molecule has 1 atom stereocenters. The summed E-state index contributed by atoms with van der Waals surface area (Å²) in [5, 5.41) is 8.45. The van der Waals surface area contributed by atoms with Gasteiger partial charge < -0.3 is 15.4 Å². The van der Waals surface area contributed by atoms with Crippen LogP contribution in [-0.2, 0) is 17.8 Å². The second-order valence-electron chi connectivity index (χ2n) is 5.23. The summed E-state index contributed by atoms with van der Waals surface area (Å²) in [6, 6.07) is 10.6. The molecule has 1 unspecified atom stereocenters. The molecule has 0 bridgehead atoms. The Labute approximate surface area is 128 Å². The molecule has 0 saturated heterocycles. The quantitative estimate of drug-likeness (QED) is 0.893. The molecule has 2 heterocycles. The SMILES string of the molecule is CC(Cc1cccs1)NCc1ccc2c(c1)NC(=O)CO2. The van der Waals surface area contributed by atoms with Gasteiger partial charge in [0.25, 0.3) is 5.91 Å². The van der Waals surface area contributed by atoms with E-state index in [1.165, 1.54) is 4.88 Å². The highest BCUT2D eigenvalue weighted by Crippen LogP contribution is 2.28. The van der Waals surface area contributed by atoms with Crippen molar-refractivity contribution in [3.63, 3.8) is 0 Å². The molecular formula is C16H18N2O2S. The average Bonchev–Trinajstić information content (AvgIpc) is 2.97. The third-order valence-corrected chi connectivity index (χ3v) is 4.32. The van der Waals surface area contributed by atoms with Gasteiger partial charge in [0.2, 0.25) is 0 Å². The lowest BCUT2D eigenvalue weighted by Crippen LogP contribution is -2.28. The van der Waals surface area contributed by atoms with Crippen LogP contribution in [0.1, 0.15) is 17.4 Å². The van der Waals surface area contributed by atoms with E-state index in [1.54, 1.807) is 11.3 Å². The van der Waals surface area contributed by atoms with Crippen LogP contribution in [0.2, 0.25) is 0 Å². The second-order valence-corrected chi connectivity index (χ2v) is 6.27. The summed E-state index contributed by atoms with van der Waals surface area (Å²) < 4.78 is 5.36. The van der Waals surface area contributed by atoms with Crippen molar-refractivity contribution in [1.29, 1.82) is 0 Å². The standard InChI is InChI=1S/C16H18N2O2S/c1-11(7-13-3-2-6-21-13)17-9-12-4-5-15-14(8-12)18-16(19)10-20-15/h2-6,8,11,17H,7,9-10H2,1H3,(H,18,19). The predicted octanol–water partition coefficient (Wildman–Crippen LogP) is 2.80. The van der Waals surface area contributed by atoms with E-state index in [0.717, 1.165) is 30.0 Å². The number of carbonyl (C=O) groups is 1. The molecule has 0 aliphatic carbocycles. The van der Waals surface area contributed by atoms with E-state index in [9.17, 15) is 4.79 Å². The van der Waals surface area contributed by atoms with Gasteiger partial charge in [-0.3, -0.25) is 4.79 Å². The molecule has 1 amide bonds. The van der Waals surface area contributed by atoms with Gasteiger partial charge in [-0.25, -0.2) is 0 Å². The summed E-state index contributed by atoms with van der Waals surface area (Å²) in [6.07, 6.45) is 1.03. The fourth-order valence-electron chi connectivity index (χ4n) is 2.33. The van der Waals surface area contributed by atoms with E-state index in [2.05, 4.69) is 35.1 Å². The van der Waals surface area contributed by atoms with Crippen molar-refractivity contribution in [2.24, 2.45) is 0 Å². The average molecular weight is 302 g/mol. The summed E-state index contributed by atoms with van der Waals surface area (Å²) in [7, 11) is 0. The molecule has 0 spiro atoms. The number of nitrogens with one attached hydrogen (secondary N) is 2. The Kier molecular flexibility index (Phi) is 4.22. The summed E-state index contributed by atoms with van der Waals surface area (Å²) in [5.74, 6) is 0.642. The number of thiophene rings is 1. The molecule has 0 fully saturated rings. The maximum atomic E-state index is 11.3. The van der Waals surface area contributed by atoms with Crippen LogP contribution >= 0.6 is 11.3 Å². The molecule has 1 aromatic carbocycles. The van der Waals surface area contributed by atoms with Crippen molar-refractivity contribution in [2.75, 3.05) is 11.9 Å². The fraction of sp³-hybridized carbons (Fsp3) is 0.312.